The predicted octanol–water partition coefficient (Wildman–Crippen LogP) is 4.06. The van der Waals surface area contributed by atoms with Gasteiger partial charge in [0.2, 0.25) is 0 Å². The molecule has 0 aliphatic rings. The summed E-state index contributed by atoms with van der Waals surface area (Å²) in [5.74, 6) is 1.89. The lowest BCUT2D eigenvalue weighted by Crippen LogP contribution is -2.29. The average Bonchev–Trinajstić information content (AvgIpc) is 2.72. The highest BCUT2D eigenvalue weighted by Crippen LogP contribution is 2.22. The zero-order valence-electron chi connectivity index (χ0n) is 17.9. The highest BCUT2D eigenvalue weighted by molar-refractivity contribution is 5.94. The summed E-state index contributed by atoms with van der Waals surface area (Å²) in [6.07, 6.45) is 1.74. The van der Waals surface area contributed by atoms with Gasteiger partial charge < -0.3 is 16.0 Å². The molecule has 7 nitrogen and oxygen atoms in total. The molecular weight excluding hydrogens is 376 g/mol. The van der Waals surface area contributed by atoms with Crippen LogP contribution in [0, 0.1) is 6.92 Å². The standard InChI is InChI=1S/C23H28N6O/c1-16-11-12-24-21(15-16)27-20-10-9-19(28-29-20)25-13-14-26-22(30)17-5-7-18(8-6-17)23(2,3)4/h5-12,15H,13-14H2,1-4H3,(H,25,28)(H,26,30)(H,24,27,29). The quantitative estimate of drug-likeness (QED) is 0.514. The molecule has 0 saturated carbocycles. The minimum atomic E-state index is -0.0893. The first-order valence-electron chi connectivity index (χ1n) is 9.97. The molecule has 0 unspecified atom stereocenters. The minimum absolute atomic E-state index is 0.0710. The molecule has 7 heteroatoms. The first kappa shape index (κ1) is 21.2. The molecule has 30 heavy (non-hydrogen) atoms. The fourth-order valence-electron chi connectivity index (χ4n) is 2.82. The van der Waals surface area contributed by atoms with Gasteiger partial charge in [-0.05, 0) is 59.9 Å². The minimum Gasteiger partial charge on any atom is -0.367 e. The second-order valence-corrected chi connectivity index (χ2v) is 8.16. The number of aromatic nitrogens is 3. The molecule has 3 rings (SSSR count). The summed E-state index contributed by atoms with van der Waals surface area (Å²) in [7, 11) is 0. The summed E-state index contributed by atoms with van der Waals surface area (Å²) in [4.78, 5) is 16.5. The molecule has 1 amide bonds. The van der Waals surface area contributed by atoms with Crippen molar-refractivity contribution in [2.45, 2.75) is 33.1 Å². The smallest absolute Gasteiger partial charge is 0.251 e. The summed E-state index contributed by atoms with van der Waals surface area (Å²) in [6.45, 7) is 9.49. The molecule has 0 aliphatic carbocycles. The van der Waals surface area contributed by atoms with Crippen molar-refractivity contribution in [3.8, 4) is 0 Å². The van der Waals surface area contributed by atoms with Crippen molar-refractivity contribution < 1.29 is 4.79 Å². The van der Waals surface area contributed by atoms with Crippen molar-refractivity contribution in [2.24, 2.45) is 0 Å². The van der Waals surface area contributed by atoms with Crippen LogP contribution in [0.2, 0.25) is 0 Å². The SMILES string of the molecule is Cc1ccnc(Nc2ccc(NCCNC(=O)c3ccc(C(C)(C)C)cc3)nn2)c1. The van der Waals surface area contributed by atoms with Crippen LogP contribution in [0.4, 0.5) is 17.5 Å². The Kier molecular flexibility index (Phi) is 6.61. The second-order valence-electron chi connectivity index (χ2n) is 8.16. The lowest BCUT2D eigenvalue weighted by atomic mass is 9.87. The van der Waals surface area contributed by atoms with E-state index in [9.17, 15) is 4.79 Å². The lowest BCUT2D eigenvalue weighted by molar-refractivity contribution is 0.0955. The Bertz CT molecular complexity index is 978. The molecule has 2 heterocycles. The van der Waals surface area contributed by atoms with Crippen LogP contribution < -0.4 is 16.0 Å². The summed E-state index contributed by atoms with van der Waals surface area (Å²) < 4.78 is 0. The van der Waals surface area contributed by atoms with Crippen LogP contribution >= 0.6 is 0 Å². The monoisotopic (exact) mass is 404 g/mol. The molecule has 0 bridgehead atoms. The average molecular weight is 405 g/mol. The topological polar surface area (TPSA) is 91.8 Å². The van der Waals surface area contributed by atoms with Crippen molar-refractivity contribution in [2.75, 3.05) is 23.7 Å². The first-order valence-corrected chi connectivity index (χ1v) is 9.97. The Balaban J connectivity index is 1.43. The van der Waals surface area contributed by atoms with Gasteiger partial charge in [-0.1, -0.05) is 32.9 Å². The number of rotatable bonds is 7. The maximum absolute atomic E-state index is 12.3. The van der Waals surface area contributed by atoms with Crippen molar-refractivity contribution >= 4 is 23.4 Å². The third-order valence-corrected chi connectivity index (χ3v) is 4.57. The number of aryl methyl sites for hydroxylation is 1. The maximum atomic E-state index is 12.3. The number of carbonyl (C=O) groups is 1. The van der Waals surface area contributed by atoms with E-state index in [1.165, 1.54) is 5.56 Å². The van der Waals surface area contributed by atoms with Crippen molar-refractivity contribution in [1.82, 2.24) is 20.5 Å². The summed E-state index contributed by atoms with van der Waals surface area (Å²) in [6, 6.07) is 15.3. The molecule has 1 aromatic carbocycles. The van der Waals surface area contributed by atoms with Crippen LogP contribution in [0.15, 0.2) is 54.7 Å². The Morgan fingerprint density at radius 3 is 2.23 bits per heavy atom. The van der Waals surface area contributed by atoms with Crippen LogP contribution in [-0.4, -0.2) is 34.2 Å². The number of nitrogens with one attached hydrogen (secondary N) is 3. The van der Waals surface area contributed by atoms with Crippen molar-refractivity contribution in [3.63, 3.8) is 0 Å². The fraction of sp³-hybridized carbons (Fsp3) is 0.304. The lowest BCUT2D eigenvalue weighted by Gasteiger charge is -2.19. The normalized spacial score (nSPS) is 11.1. The van der Waals surface area contributed by atoms with E-state index in [1.807, 2.05) is 55.5 Å². The summed E-state index contributed by atoms with van der Waals surface area (Å²) >= 11 is 0. The second kappa shape index (κ2) is 9.35. The number of carbonyl (C=O) groups excluding carboxylic acids is 1. The highest BCUT2D eigenvalue weighted by atomic mass is 16.1. The third-order valence-electron chi connectivity index (χ3n) is 4.57. The van der Waals surface area contributed by atoms with Gasteiger partial charge in [-0.3, -0.25) is 4.79 Å². The Hall–Kier alpha value is -3.48. The number of benzene rings is 1. The molecule has 0 saturated heterocycles. The van der Waals surface area contributed by atoms with E-state index in [-0.39, 0.29) is 11.3 Å². The van der Waals surface area contributed by atoms with Gasteiger partial charge in [0.15, 0.2) is 5.82 Å². The van der Waals surface area contributed by atoms with Crippen LogP contribution in [0.25, 0.3) is 0 Å². The zero-order valence-corrected chi connectivity index (χ0v) is 17.9. The van der Waals surface area contributed by atoms with Crippen LogP contribution in [0.5, 0.6) is 0 Å². The molecule has 3 aromatic rings. The van der Waals surface area contributed by atoms with Gasteiger partial charge >= 0.3 is 0 Å². The third kappa shape index (κ3) is 6.01. The number of hydrogen-bond donors (Lipinski definition) is 3. The van der Waals surface area contributed by atoms with E-state index in [4.69, 9.17) is 0 Å². The van der Waals surface area contributed by atoms with E-state index in [2.05, 4.69) is 51.9 Å². The van der Waals surface area contributed by atoms with Crippen molar-refractivity contribution in [3.05, 3.63) is 71.4 Å². The van der Waals surface area contributed by atoms with E-state index in [0.29, 0.717) is 30.3 Å². The maximum Gasteiger partial charge on any atom is 0.251 e. The highest BCUT2D eigenvalue weighted by Gasteiger charge is 2.14. The molecular formula is C23H28N6O. The molecule has 2 aromatic heterocycles. The van der Waals surface area contributed by atoms with E-state index < -0.39 is 0 Å². The fourth-order valence-corrected chi connectivity index (χ4v) is 2.82. The number of amides is 1. The Morgan fingerprint density at radius 2 is 1.60 bits per heavy atom. The van der Waals surface area contributed by atoms with Crippen LogP contribution in [0.1, 0.15) is 42.3 Å². The Morgan fingerprint density at radius 1 is 0.900 bits per heavy atom. The van der Waals surface area contributed by atoms with Gasteiger partial charge in [0.1, 0.15) is 11.6 Å². The number of anilines is 3. The summed E-state index contributed by atoms with van der Waals surface area (Å²) in [5, 5.41) is 17.5. The first-order chi connectivity index (χ1) is 14.3. The molecule has 156 valence electrons. The molecule has 0 radical (unpaired) electrons. The zero-order chi connectivity index (χ0) is 21.6. The van der Waals surface area contributed by atoms with Gasteiger partial charge in [0.25, 0.3) is 5.91 Å². The summed E-state index contributed by atoms with van der Waals surface area (Å²) in [5.41, 5.74) is 3.05. The van der Waals surface area contributed by atoms with Crippen molar-refractivity contribution in [1.29, 1.82) is 0 Å². The van der Waals surface area contributed by atoms with E-state index in [1.54, 1.807) is 6.20 Å². The van der Waals surface area contributed by atoms with Crippen LogP contribution in [-0.2, 0) is 5.41 Å². The number of pyridine rings is 1. The van der Waals surface area contributed by atoms with Gasteiger partial charge in [-0.15, -0.1) is 10.2 Å². The molecule has 0 aliphatic heterocycles. The van der Waals surface area contributed by atoms with E-state index in [0.717, 1.165) is 11.4 Å². The largest absolute Gasteiger partial charge is 0.367 e. The molecule has 0 atom stereocenters. The molecule has 0 fully saturated rings. The van der Waals surface area contributed by atoms with Gasteiger partial charge in [-0.25, -0.2) is 4.98 Å². The van der Waals surface area contributed by atoms with Gasteiger partial charge in [0.05, 0.1) is 0 Å². The van der Waals surface area contributed by atoms with E-state index >= 15 is 0 Å². The van der Waals surface area contributed by atoms with Gasteiger partial charge in [0, 0.05) is 24.8 Å². The Labute approximate surface area is 177 Å². The number of nitrogens with zero attached hydrogens (tertiary/aromatic N) is 3. The van der Waals surface area contributed by atoms with Crippen LogP contribution in [0.3, 0.4) is 0 Å². The predicted molar refractivity (Wildman–Crippen MR) is 120 cm³/mol. The van der Waals surface area contributed by atoms with Gasteiger partial charge in [-0.2, -0.15) is 0 Å². The molecule has 3 N–H and O–H groups in total. The number of hydrogen-bond acceptors (Lipinski definition) is 6. The molecule has 0 spiro atoms.